The van der Waals surface area contributed by atoms with Gasteiger partial charge in [0, 0.05) is 19.1 Å². The van der Waals surface area contributed by atoms with Crippen molar-refractivity contribution in [3.05, 3.63) is 42.0 Å². The minimum absolute atomic E-state index is 0.0321. The third-order valence-electron chi connectivity index (χ3n) is 2.62. The normalized spacial score (nSPS) is 12.1. The average molecular weight is 220 g/mol. The Morgan fingerprint density at radius 1 is 1.19 bits per heavy atom. The fourth-order valence-corrected chi connectivity index (χ4v) is 1.72. The van der Waals surface area contributed by atoms with Crippen LogP contribution in [0, 0.1) is 5.92 Å². The largest absolute Gasteiger partial charge is 0.396 e. The quantitative estimate of drug-likeness (QED) is 0.773. The highest BCUT2D eigenvalue weighted by atomic mass is 16.3. The van der Waals surface area contributed by atoms with Crippen LogP contribution in [0.3, 0.4) is 0 Å². The number of rotatable bonds is 6. The van der Waals surface area contributed by atoms with Crippen LogP contribution in [0.4, 0.5) is 0 Å². The van der Waals surface area contributed by atoms with Gasteiger partial charge >= 0.3 is 0 Å². The second kappa shape index (κ2) is 7.20. The van der Waals surface area contributed by atoms with Crippen LogP contribution in [0.1, 0.15) is 25.3 Å². The van der Waals surface area contributed by atoms with Crippen LogP contribution in [0.15, 0.2) is 36.4 Å². The predicted octanol–water partition coefficient (Wildman–Crippen LogP) is 2.47. The molecule has 0 fully saturated rings. The molecule has 0 aromatic heterocycles. The zero-order valence-corrected chi connectivity index (χ0v) is 9.76. The van der Waals surface area contributed by atoms with Gasteiger partial charge in [0.1, 0.15) is 0 Å². The van der Waals surface area contributed by atoms with Gasteiger partial charge in [-0.05, 0) is 24.0 Å². The second-order valence-electron chi connectivity index (χ2n) is 3.94. The van der Waals surface area contributed by atoms with Gasteiger partial charge in [-0.25, -0.2) is 0 Å². The summed E-state index contributed by atoms with van der Waals surface area (Å²) in [7, 11) is 0. The predicted molar refractivity (Wildman–Crippen MR) is 67.0 cm³/mol. The Morgan fingerprint density at radius 2 is 1.81 bits per heavy atom. The number of allylic oxidation sites excluding steroid dienone is 2. The molecule has 0 heterocycles. The van der Waals surface area contributed by atoms with Gasteiger partial charge in [0.15, 0.2) is 0 Å². The van der Waals surface area contributed by atoms with E-state index in [-0.39, 0.29) is 19.1 Å². The highest BCUT2D eigenvalue weighted by Crippen LogP contribution is 2.22. The zero-order chi connectivity index (χ0) is 11.8. The van der Waals surface area contributed by atoms with Gasteiger partial charge < -0.3 is 10.2 Å². The molecule has 1 rings (SSSR count). The minimum atomic E-state index is -0.0574. The molecule has 2 nitrogen and oxygen atoms in total. The van der Waals surface area contributed by atoms with Crippen LogP contribution in [-0.2, 0) is 0 Å². The topological polar surface area (TPSA) is 40.5 Å². The summed E-state index contributed by atoms with van der Waals surface area (Å²) in [6.45, 7) is 2.16. The molecular formula is C14H20O2. The summed E-state index contributed by atoms with van der Waals surface area (Å²) in [5.41, 5.74) is 2.38. The second-order valence-corrected chi connectivity index (χ2v) is 3.94. The van der Waals surface area contributed by atoms with E-state index in [0.29, 0.717) is 0 Å². The molecule has 2 heteroatoms. The lowest BCUT2D eigenvalue weighted by molar-refractivity contribution is 0.153. The van der Waals surface area contributed by atoms with E-state index in [1.165, 1.54) is 11.1 Å². The van der Waals surface area contributed by atoms with Crippen molar-refractivity contribution in [2.75, 3.05) is 13.2 Å². The fourth-order valence-electron chi connectivity index (χ4n) is 1.72. The van der Waals surface area contributed by atoms with Crippen molar-refractivity contribution in [2.45, 2.75) is 19.8 Å². The summed E-state index contributed by atoms with van der Waals surface area (Å²) >= 11 is 0. The van der Waals surface area contributed by atoms with Crippen molar-refractivity contribution >= 4 is 5.57 Å². The Morgan fingerprint density at radius 3 is 2.31 bits per heavy atom. The van der Waals surface area contributed by atoms with Crippen LogP contribution in [0.25, 0.3) is 5.57 Å². The van der Waals surface area contributed by atoms with Crippen LogP contribution in [0.5, 0.6) is 0 Å². The molecule has 88 valence electrons. The van der Waals surface area contributed by atoms with E-state index in [2.05, 4.69) is 25.1 Å². The smallest absolute Gasteiger partial charge is 0.0484 e. The summed E-state index contributed by atoms with van der Waals surface area (Å²) < 4.78 is 0. The van der Waals surface area contributed by atoms with Gasteiger partial charge in [-0.15, -0.1) is 0 Å². The Labute approximate surface area is 97.2 Å². The molecule has 2 N–H and O–H groups in total. The lowest BCUT2D eigenvalue weighted by Gasteiger charge is -2.14. The SMILES string of the molecule is CC/C=C(/CC(CO)CO)c1ccccc1. The van der Waals surface area contributed by atoms with Crippen molar-refractivity contribution in [1.29, 1.82) is 0 Å². The maximum absolute atomic E-state index is 9.10. The van der Waals surface area contributed by atoms with Crippen LogP contribution in [-0.4, -0.2) is 23.4 Å². The van der Waals surface area contributed by atoms with Crippen LogP contribution < -0.4 is 0 Å². The van der Waals surface area contributed by atoms with Crippen molar-refractivity contribution < 1.29 is 10.2 Å². The van der Waals surface area contributed by atoms with Gasteiger partial charge in [0.25, 0.3) is 0 Å². The lowest BCUT2D eigenvalue weighted by atomic mass is 9.94. The van der Waals surface area contributed by atoms with Crippen molar-refractivity contribution in [2.24, 2.45) is 5.92 Å². The Hall–Kier alpha value is -1.12. The van der Waals surface area contributed by atoms with Gasteiger partial charge in [0.05, 0.1) is 0 Å². The molecule has 0 aliphatic carbocycles. The molecule has 0 bridgehead atoms. The van der Waals surface area contributed by atoms with Crippen LogP contribution in [0.2, 0.25) is 0 Å². The van der Waals surface area contributed by atoms with Crippen molar-refractivity contribution in [1.82, 2.24) is 0 Å². The monoisotopic (exact) mass is 220 g/mol. The third kappa shape index (κ3) is 3.80. The van der Waals surface area contributed by atoms with Gasteiger partial charge in [-0.1, -0.05) is 43.3 Å². The van der Waals surface area contributed by atoms with E-state index in [4.69, 9.17) is 10.2 Å². The highest BCUT2D eigenvalue weighted by molar-refractivity contribution is 5.65. The fraction of sp³-hybridized carbons (Fsp3) is 0.429. The first kappa shape index (κ1) is 12.9. The maximum atomic E-state index is 9.10. The molecule has 0 unspecified atom stereocenters. The molecule has 1 aromatic carbocycles. The van der Waals surface area contributed by atoms with E-state index < -0.39 is 0 Å². The number of aliphatic hydroxyl groups is 2. The first-order chi connectivity index (χ1) is 7.81. The summed E-state index contributed by atoms with van der Waals surface area (Å²) in [6.07, 6.45) is 3.85. The van der Waals surface area contributed by atoms with E-state index in [1.54, 1.807) is 0 Å². The van der Waals surface area contributed by atoms with Crippen molar-refractivity contribution in [3.63, 3.8) is 0 Å². The minimum Gasteiger partial charge on any atom is -0.396 e. The molecule has 0 saturated heterocycles. The molecule has 16 heavy (non-hydrogen) atoms. The number of hydrogen-bond acceptors (Lipinski definition) is 2. The first-order valence-corrected chi connectivity index (χ1v) is 5.78. The van der Waals surface area contributed by atoms with E-state index >= 15 is 0 Å². The van der Waals surface area contributed by atoms with E-state index in [1.807, 2.05) is 18.2 Å². The molecule has 0 aliphatic rings. The van der Waals surface area contributed by atoms with E-state index in [0.717, 1.165) is 12.8 Å². The molecule has 0 radical (unpaired) electrons. The number of benzene rings is 1. The first-order valence-electron chi connectivity index (χ1n) is 5.78. The highest BCUT2D eigenvalue weighted by Gasteiger charge is 2.10. The van der Waals surface area contributed by atoms with Crippen molar-refractivity contribution in [3.8, 4) is 0 Å². The Balaban J connectivity index is 2.80. The average Bonchev–Trinajstić information content (AvgIpc) is 2.35. The molecule has 0 spiro atoms. The van der Waals surface area contributed by atoms with Gasteiger partial charge in [-0.2, -0.15) is 0 Å². The molecule has 1 aromatic rings. The summed E-state index contributed by atoms with van der Waals surface area (Å²) in [5.74, 6) is -0.0574. The third-order valence-corrected chi connectivity index (χ3v) is 2.62. The standard InChI is InChI=1S/C14H20O2/c1-2-6-14(9-12(10-15)11-16)13-7-4-3-5-8-13/h3-8,12,15-16H,2,9-11H2,1H3/b14-6-. The molecule has 0 amide bonds. The van der Waals surface area contributed by atoms with Gasteiger partial charge in [0.2, 0.25) is 0 Å². The summed E-state index contributed by atoms with van der Waals surface area (Å²) in [4.78, 5) is 0. The van der Waals surface area contributed by atoms with E-state index in [9.17, 15) is 0 Å². The number of aliphatic hydroxyl groups excluding tert-OH is 2. The summed E-state index contributed by atoms with van der Waals surface area (Å²) in [5, 5.41) is 18.2. The summed E-state index contributed by atoms with van der Waals surface area (Å²) in [6, 6.07) is 10.1. The lowest BCUT2D eigenvalue weighted by Crippen LogP contribution is -2.11. The molecular weight excluding hydrogens is 200 g/mol. The maximum Gasteiger partial charge on any atom is 0.0484 e. The van der Waals surface area contributed by atoms with Gasteiger partial charge in [-0.3, -0.25) is 0 Å². The van der Waals surface area contributed by atoms with Crippen LogP contribution >= 0.6 is 0 Å². The molecule has 0 saturated carbocycles. The Kier molecular flexibility index (Phi) is 5.83. The Bertz CT molecular complexity index is 313. The zero-order valence-electron chi connectivity index (χ0n) is 9.76. The molecule has 0 atom stereocenters. The molecule has 0 aliphatic heterocycles. The number of hydrogen-bond donors (Lipinski definition) is 2.